The molecule has 0 radical (unpaired) electrons. The van der Waals surface area contributed by atoms with Crippen LogP contribution < -0.4 is 124 Å². The minimum Gasteiger partial charge on any atom is -0.598 e. The molecule has 0 amide bonds. The predicted molar refractivity (Wildman–Crippen MR) is 44.2 cm³/mol. The monoisotopic (exact) mass is 273 g/mol. The molecule has 8 heteroatoms. The van der Waals surface area contributed by atoms with Gasteiger partial charge in [-0.15, -0.1) is 0 Å². The van der Waals surface area contributed by atoms with Crippen molar-refractivity contribution in [3.05, 3.63) is 0 Å². The minimum absolute atomic E-state index is 0. The molecule has 0 atom stereocenters. The maximum Gasteiger partial charge on any atom is 1.00 e. The summed E-state index contributed by atoms with van der Waals surface area (Å²) in [5.74, 6) is 0. The third-order valence-corrected chi connectivity index (χ3v) is 1.17. The predicted octanol–water partition coefficient (Wildman–Crippen LogP) is -7.16. The molecular weight excluding hydrogens is 257 g/mol. The molecule has 1 fully saturated rings. The van der Waals surface area contributed by atoms with Crippen LogP contribution in [0, 0.1) is 0 Å². The van der Waals surface area contributed by atoms with Crippen LogP contribution in [-0.4, -0.2) is 13.1 Å². The van der Waals surface area contributed by atoms with Gasteiger partial charge in [-0.05, 0) is 0 Å². The van der Waals surface area contributed by atoms with Gasteiger partial charge < -0.3 is 21.3 Å². The zero-order valence-corrected chi connectivity index (χ0v) is 16.2. The van der Waals surface area contributed by atoms with Gasteiger partial charge in [0.25, 0.3) is 8.25 Å². The van der Waals surface area contributed by atoms with Gasteiger partial charge in [0.15, 0.2) is 0 Å². The fourth-order valence-corrected chi connectivity index (χ4v) is 0.250. The van der Waals surface area contributed by atoms with E-state index in [9.17, 15) is 0 Å². The summed E-state index contributed by atoms with van der Waals surface area (Å²) in [7, 11) is -3.37. The summed E-state index contributed by atoms with van der Waals surface area (Å²) in [5.41, 5.74) is 9.81. The summed E-state index contributed by atoms with van der Waals surface area (Å²) in [5, 5.41) is 0. The van der Waals surface area contributed by atoms with Crippen molar-refractivity contribution in [2.75, 3.05) is 13.1 Å². The molecule has 0 spiro atoms. The Bertz CT molecular complexity index is 97.1. The molecule has 74 valence electrons. The number of hydrogen-bond donors (Lipinski definition) is 2. The summed E-state index contributed by atoms with van der Waals surface area (Å²) in [6, 6.07) is 0. The van der Waals surface area contributed by atoms with E-state index in [1.54, 1.807) is 0 Å². The van der Waals surface area contributed by atoms with Crippen molar-refractivity contribution in [1.29, 1.82) is 0 Å². The Hall–Kier alpha value is 3.21. The molecule has 0 heterocycles. The van der Waals surface area contributed by atoms with E-state index in [0.29, 0.717) is 13.1 Å². The van der Waals surface area contributed by atoms with E-state index in [1.807, 2.05) is 0 Å². The van der Waals surface area contributed by atoms with Crippen LogP contribution in [0.5, 0.6) is 0 Å². The van der Waals surface area contributed by atoms with E-state index in [0.717, 1.165) is 0 Å². The molecule has 1 saturated carbocycles. The zero-order valence-electron chi connectivity index (χ0n) is 9.07. The second-order valence-corrected chi connectivity index (χ2v) is 2.66. The van der Waals surface area contributed by atoms with Gasteiger partial charge in [0, 0.05) is 13.1 Å². The van der Waals surface area contributed by atoms with E-state index >= 15 is 0 Å². The van der Waals surface area contributed by atoms with Crippen molar-refractivity contribution in [3.8, 4) is 0 Å². The molecule has 0 aromatic carbocycles. The van der Waals surface area contributed by atoms with Crippen LogP contribution in [0.3, 0.4) is 0 Å². The molecule has 1 aliphatic carbocycles. The molecule has 0 unspecified atom stereocenters. The maximum atomic E-state index is 8.48. The topological polar surface area (TPSA) is 115 Å². The summed E-state index contributed by atoms with van der Waals surface area (Å²) >= 11 is 0. The van der Waals surface area contributed by atoms with Gasteiger partial charge in [-0.2, -0.15) is 0 Å². The average Bonchev–Trinajstić information content (AvgIpc) is 1.82. The number of nitrogens with two attached hydrogens (primary N) is 2. The van der Waals surface area contributed by atoms with Crippen LogP contribution in [0.15, 0.2) is 0 Å². The summed E-state index contributed by atoms with van der Waals surface area (Å²) in [6.45, 7) is 1.19. The van der Waals surface area contributed by atoms with Crippen molar-refractivity contribution < 1.29 is 117 Å². The Balaban J connectivity index is -0.0000000500. The Labute approximate surface area is 172 Å². The Morgan fingerprint density at radius 3 is 1.07 bits per heavy atom. The summed E-state index contributed by atoms with van der Waals surface area (Å²) < 4.78 is 8.48. The van der Waals surface area contributed by atoms with Crippen LogP contribution in [-0.2, 0) is 4.57 Å². The molecule has 0 bridgehead atoms. The Morgan fingerprint density at radius 2 is 1.07 bits per heavy atom. The van der Waals surface area contributed by atoms with Gasteiger partial charge in [-0.25, -0.2) is 0 Å². The smallest absolute Gasteiger partial charge is 0.598 e. The van der Waals surface area contributed by atoms with Crippen molar-refractivity contribution in [1.82, 2.24) is 0 Å². The van der Waals surface area contributed by atoms with E-state index in [2.05, 4.69) is 0 Å². The van der Waals surface area contributed by atoms with E-state index < -0.39 is 8.25 Å². The van der Waals surface area contributed by atoms with E-state index in [4.69, 9.17) is 25.8 Å². The molecule has 5 nitrogen and oxygen atoms in total. The van der Waals surface area contributed by atoms with Gasteiger partial charge in [0.05, 0.1) is 0 Å². The van der Waals surface area contributed by atoms with Gasteiger partial charge >= 0.3 is 103 Å². The Kier molecular flexibility index (Phi) is 46.6. The molecule has 1 aliphatic rings. The van der Waals surface area contributed by atoms with Crippen molar-refractivity contribution >= 4 is 8.25 Å². The molecule has 0 saturated heterocycles. The first-order valence-electron chi connectivity index (χ1n) is 3.86. The summed E-state index contributed by atoms with van der Waals surface area (Å²) in [4.78, 5) is 17.0. The molecule has 0 aromatic heterocycles. The molecule has 0 aliphatic heterocycles. The van der Waals surface area contributed by atoms with Crippen LogP contribution in [0.25, 0.3) is 0 Å². The van der Waals surface area contributed by atoms with Crippen LogP contribution in [0.1, 0.15) is 25.7 Å². The SMILES string of the molecule is C1CCC1.NCCN.O=[P+]([O-])[O-].[K+].[K+]. The molecule has 4 N–H and O–H groups in total. The van der Waals surface area contributed by atoms with Gasteiger partial charge in [0.2, 0.25) is 0 Å². The van der Waals surface area contributed by atoms with Gasteiger partial charge in [-0.3, -0.25) is 0 Å². The fourth-order valence-electron chi connectivity index (χ4n) is 0.250. The minimum atomic E-state index is -3.37. The van der Waals surface area contributed by atoms with Crippen molar-refractivity contribution in [2.45, 2.75) is 25.7 Å². The van der Waals surface area contributed by atoms with Gasteiger partial charge in [-0.1, -0.05) is 30.2 Å². The largest absolute Gasteiger partial charge is 1.00 e. The zero-order chi connectivity index (χ0) is 9.82. The number of rotatable bonds is 1. The second kappa shape index (κ2) is 25.2. The fraction of sp³-hybridized carbons (Fsp3) is 1.00. The molecule has 0 aromatic rings. The first-order valence-corrected chi connectivity index (χ1v) is 4.96. The average molecular weight is 273 g/mol. The molecule has 14 heavy (non-hydrogen) atoms. The maximum absolute atomic E-state index is 8.48. The Morgan fingerprint density at radius 1 is 0.929 bits per heavy atom. The normalized spacial score (nSPS) is 10.9. The molecular formula is C6H16K2N2O3P+. The molecule has 1 rings (SSSR count). The standard InChI is InChI=1S/C4H8.C2H8N2.2K.HO3P/c1-2-4-3-1;3-1-2-4;;;1-4(2)3/h2*1-4H2;;;(H,1,2,3)/q;;2*+1;/p-1. The first-order chi connectivity index (χ1) is 5.65. The van der Waals surface area contributed by atoms with E-state index in [1.165, 1.54) is 25.7 Å². The summed E-state index contributed by atoms with van der Waals surface area (Å²) in [6.07, 6.45) is 6.00. The van der Waals surface area contributed by atoms with E-state index in [-0.39, 0.29) is 103 Å². The van der Waals surface area contributed by atoms with Crippen LogP contribution >= 0.6 is 8.25 Å². The first kappa shape index (κ1) is 25.9. The third-order valence-electron chi connectivity index (χ3n) is 1.17. The number of hydrogen-bond acceptors (Lipinski definition) is 5. The third kappa shape index (κ3) is 45.6. The van der Waals surface area contributed by atoms with Crippen LogP contribution in [0.4, 0.5) is 0 Å². The van der Waals surface area contributed by atoms with Gasteiger partial charge in [0.1, 0.15) is 0 Å². The quantitative estimate of drug-likeness (QED) is 0.364. The van der Waals surface area contributed by atoms with Crippen LogP contribution in [0.2, 0.25) is 0 Å². The second-order valence-electron chi connectivity index (χ2n) is 2.22. The van der Waals surface area contributed by atoms with Crippen molar-refractivity contribution in [2.24, 2.45) is 11.5 Å². The van der Waals surface area contributed by atoms with Crippen molar-refractivity contribution in [3.63, 3.8) is 0 Å².